The Balaban J connectivity index is 1.38. The number of Topliss-reactive ketones (excluding diaryl/α,β-unsaturated/α-hetero) is 1. The summed E-state index contributed by atoms with van der Waals surface area (Å²) in [6.45, 7) is 6.13. The van der Waals surface area contributed by atoms with Gasteiger partial charge < -0.3 is 5.32 Å². The quantitative estimate of drug-likeness (QED) is 0.770. The van der Waals surface area contributed by atoms with Crippen LogP contribution in [0.4, 0.5) is 0 Å². The summed E-state index contributed by atoms with van der Waals surface area (Å²) in [7, 11) is 0. The SMILES string of the molecule is CC(=O)c1ccc(Sc2ccc(C(=O)NC3C4CCN(CC4)C3C)cc2)cc1. The van der Waals surface area contributed by atoms with Crippen LogP contribution < -0.4 is 5.32 Å². The van der Waals surface area contributed by atoms with Crippen LogP contribution in [0.15, 0.2) is 58.3 Å². The average Bonchev–Trinajstić information content (AvgIpc) is 2.72. The van der Waals surface area contributed by atoms with Gasteiger partial charge in [-0.15, -0.1) is 0 Å². The largest absolute Gasteiger partial charge is 0.347 e. The molecular weight excluding hydrogens is 368 g/mol. The fraction of sp³-hybridized carbons (Fsp3) is 0.391. The van der Waals surface area contributed by atoms with Gasteiger partial charge in [0.1, 0.15) is 0 Å². The number of hydrogen-bond donors (Lipinski definition) is 1. The second-order valence-electron chi connectivity index (χ2n) is 7.82. The van der Waals surface area contributed by atoms with Crippen molar-refractivity contribution in [1.29, 1.82) is 0 Å². The number of nitrogens with zero attached hydrogens (tertiary/aromatic N) is 1. The van der Waals surface area contributed by atoms with Gasteiger partial charge in [-0.1, -0.05) is 23.9 Å². The monoisotopic (exact) mass is 394 g/mol. The van der Waals surface area contributed by atoms with Crippen LogP contribution in [0.25, 0.3) is 0 Å². The molecule has 3 aliphatic rings. The van der Waals surface area contributed by atoms with Gasteiger partial charge in [0.05, 0.1) is 0 Å². The maximum Gasteiger partial charge on any atom is 0.251 e. The second-order valence-corrected chi connectivity index (χ2v) is 8.97. The number of benzene rings is 2. The van der Waals surface area contributed by atoms with Crippen LogP contribution in [0, 0.1) is 5.92 Å². The number of carbonyl (C=O) groups is 2. The van der Waals surface area contributed by atoms with Crippen molar-refractivity contribution in [2.45, 2.75) is 48.6 Å². The number of nitrogens with one attached hydrogen (secondary N) is 1. The van der Waals surface area contributed by atoms with E-state index in [9.17, 15) is 9.59 Å². The molecule has 0 spiro atoms. The molecule has 0 aromatic heterocycles. The lowest BCUT2D eigenvalue weighted by Gasteiger charge is -2.49. The Labute approximate surface area is 170 Å². The molecule has 2 unspecified atom stereocenters. The Kier molecular flexibility index (Phi) is 5.56. The van der Waals surface area contributed by atoms with Crippen molar-refractivity contribution in [3.05, 3.63) is 59.7 Å². The highest BCUT2D eigenvalue weighted by atomic mass is 32.2. The minimum Gasteiger partial charge on any atom is -0.347 e. The zero-order valence-electron chi connectivity index (χ0n) is 16.4. The van der Waals surface area contributed by atoms with E-state index in [4.69, 9.17) is 0 Å². The summed E-state index contributed by atoms with van der Waals surface area (Å²) in [4.78, 5) is 28.7. The number of fused-ring (bicyclic) bond motifs is 3. The molecule has 1 amide bonds. The third-order valence-corrected chi connectivity index (χ3v) is 7.10. The van der Waals surface area contributed by atoms with Gasteiger partial charge >= 0.3 is 0 Å². The maximum atomic E-state index is 12.7. The first-order valence-corrected chi connectivity index (χ1v) is 10.8. The molecule has 0 saturated carbocycles. The molecule has 2 aromatic carbocycles. The molecule has 5 rings (SSSR count). The summed E-state index contributed by atoms with van der Waals surface area (Å²) >= 11 is 1.62. The van der Waals surface area contributed by atoms with Gasteiger partial charge in [0, 0.05) is 33.0 Å². The molecule has 3 heterocycles. The lowest BCUT2D eigenvalue weighted by atomic mass is 9.79. The van der Waals surface area contributed by atoms with Gasteiger partial charge in [-0.3, -0.25) is 14.5 Å². The van der Waals surface area contributed by atoms with Crippen LogP contribution in [0.1, 0.15) is 47.4 Å². The molecule has 4 nitrogen and oxygen atoms in total. The van der Waals surface area contributed by atoms with E-state index in [1.165, 1.54) is 12.8 Å². The van der Waals surface area contributed by atoms with Gasteiger partial charge in [-0.05, 0) is 82.1 Å². The average molecular weight is 395 g/mol. The van der Waals surface area contributed by atoms with E-state index in [-0.39, 0.29) is 17.7 Å². The molecule has 2 bridgehead atoms. The molecule has 0 radical (unpaired) electrons. The number of piperidine rings is 3. The summed E-state index contributed by atoms with van der Waals surface area (Å²) in [6, 6.07) is 16.0. The van der Waals surface area contributed by atoms with E-state index in [1.807, 2.05) is 48.5 Å². The fourth-order valence-electron chi connectivity index (χ4n) is 4.35. The van der Waals surface area contributed by atoms with E-state index in [1.54, 1.807) is 18.7 Å². The summed E-state index contributed by atoms with van der Waals surface area (Å²) < 4.78 is 0. The Morgan fingerprint density at radius 1 is 0.929 bits per heavy atom. The number of rotatable bonds is 5. The summed E-state index contributed by atoms with van der Waals surface area (Å²) in [5.74, 6) is 0.703. The summed E-state index contributed by atoms with van der Waals surface area (Å²) in [5.41, 5.74) is 1.43. The number of hydrogen-bond acceptors (Lipinski definition) is 4. The van der Waals surface area contributed by atoms with E-state index in [0.717, 1.165) is 28.4 Å². The Morgan fingerprint density at radius 3 is 1.96 bits per heavy atom. The van der Waals surface area contributed by atoms with Gasteiger partial charge in [-0.25, -0.2) is 0 Å². The van der Waals surface area contributed by atoms with Crippen LogP contribution in [0.3, 0.4) is 0 Å². The van der Waals surface area contributed by atoms with E-state index >= 15 is 0 Å². The molecular formula is C23H26N2O2S. The predicted octanol–water partition coefficient (Wildman–Crippen LogP) is 4.25. The molecule has 3 fully saturated rings. The minimum atomic E-state index is 0.0213. The van der Waals surface area contributed by atoms with E-state index in [2.05, 4.69) is 17.1 Å². The molecule has 3 saturated heterocycles. The van der Waals surface area contributed by atoms with E-state index < -0.39 is 0 Å². The first-order valence-electron chi connectivity index (χ1n) is 9.95. The first kappa shape index (κ1) is 19.2. The normalized spacial score (nSPS) is 26.1. The molecule has 28 heavy (non-hydrogen) atoms. The van der Waals surface area contributed by atoms with Crippen molar-refractivity contribution in [1.82, 2.24) is 10.2 Å². The Hall–Kier alpha value is -2.11. The highest BCUT2D eigenvalue weighted by Gasteiger charge is 2.40. The summed E-state index contributed by atoms with van der Waals surface area (Å²) in [6.07, 6.45) is 2.38. The lowest BCUT2D eigenvalue weighted by Crippen LogP contribution is -2.62. The smallest absolute Gasteiger partial charge is 0.251 e. The van der Waals surface area contributed by atoms with Crippen molar-refractivity contribution < 1.29 is 9.59 Å². The van der Waals surface area contributed by atoms with Crippen molar-refractivity contribution in [3.8, 4) is 0 Å². The van der Waals surface area contributed by atoms with E-state index in [0.29, 0.717) is 17.5 Å². The Morgan fingerprint density at radius 2 is 1.46 bits per heavy atom. The summed E-state index contributed by atoms with van der Waals surface area (Å²) in [5, 5.41) is 3.28. The number of amides is 1. The van der Waals surface area contributed by atoms with Crippen LogP contribution in [-0.2, 0) is 0 Å². The predicted molar refractivity (Wildman–Crippen MR) is 112 cm³/mol. The molecule has 0 aliphatic carbocycles. The molecule has 1 N–H and O–H groups in total. The van der Waals surface area contributed by atoms with Crippen LogP contribution >= 0.6 is 11.8 Å². The van der Waals surface area contributed by atoms with Crippen molar-refractivity contribution in [3.63, 3.8) is 0 Å². The first-order chi connectivity index (χ1) is 13.5. The van der Waals surface area contributed by atoms with Crippen molar-refractivity contribution >= 4 is 23.5 Å². The van der Waals surface area contributed by atoms with Gasteiger partial charge in [-0.2, -0.15) is 0 Å². The standard InChI is InChI=1S/C23H26N2O2S/c1-15-22(18-11-13-25(15)14-12-18)24-23(27)19-5-9-21(10-6-19)28-20-7-3-17(4-8-20)16(2)26/h3-10,15,18,22H,11-14H2,1-2H3,(H,24,27). The zero-order valence-corrected chi connectivity index (χ0v) is 17.2. The van der Waals surface area contributed by atoms with Crippen LogP contribution in [0.2, 0.25) is 0 Å². The van der Waals surface area contributed by atoms with Gasteiger partial charge in [0.2, 0.25) is 0 Å². The molecule has 2 aromatic rings. The molecule has 3 aliphatic heterocycles. The number of carbonyl (C=O) groups excluding carboxylic acids is 2. The highest BCUT2D eigenvalue weighted by Crippen LogP contribution is 2.32. The maximum absolute atomic E-state index is 12.7. The van der Waals surface area contributed by atoms with Crippen LogP contribution in [0.5, 0.6) is 0 Å². The van der Waals surface area contributed by atoms with Crippen molar-refractivity contribution in [2.75, 3.05) is 13.1 Å². The third-order valence-electron chi connectivity index (χ3n) is 6.09. The Bertz CT molecular complexity index is 853. The van der Waals surface area contributed by atoms with Crippen LogP contribution in [-0.4, -0.2) is 41.8 Å². The lowest BCUT2D eigenvalue weighted by molar-refractivity contribution is 0.0217. The van der Waals surface area contributed by atoms with Gasteiger partial charge in [0.15, 0.2) is 5.78 Å². The topological polar surface area (TPSA) is 49.4 Å². The zero-order chi connectivity index (χ0) is 19.7. The second kappa shape index (κ2) is 8.10. The van der Waals surface area contributed by atoms with Gasteiger partial charge in [0.25, 0.3) is 5.91 Å². The fourth-order valence-corrected chi connectivity index (χ4v) is 5.16. The number of ketones is 1. The van der Waals surface area contributed by atoms with Crippen molar-refractivity contribution in [2.24, 2.45) is 5.92 Å². The highest BCUT2D eigenvalue weighted by molar-refractivity contribution is 7.99. The molecule has 146 valence electrons. The molecule has 2 atom stereocenters. The minimum absolute atomic E-state index is 0.0213. The molecule has 5 heteroatoms. The third kappa shape index (κ3) is 4.01.